The molecule has 4 heteroatoms. The number of hydrogen-bond donors (Lipinski definition) is 1. The Kier molecular flexibility index (Phi) is 3.55. The molecule has 37 heavy (non-hydrogen) atoms. The zero-order valence-corrected chi connectivity index (χ0v) is 21.7. The molecule has 9 rings (SSSR count). The van der Waals surface area contributed by atoms with Crippen molar-refractivity contribution in [2.45, 2.75) is 38.3 Å². The Morgan fingerprint density at radius 2 is 1.81 bits per heavy atom. The van der Waals surface area contributed by atoms with Crippen LogP contribution in [0.15, 0.2) is 83.4 Å². The van der Waals surface area contributed by atoms with E-state index >= 15 is 0 Å². The summed E-state index contributed by atoms with van der Waals surface area (Å²) < 4.78 is 10.6. The van der Waals surface area contributed by atoms with Crippen LogP contribution < -0.4 is 9.88 Å². The van der Waals surface area contributed by atoms with Crippen molar-refractivity contribution in [1.29, 1.82) is 0 Å². The molecular formula is C33H25N2OS+. The van der Waals surface area contributed by atoms with Crippen molar-refractivity contribution in [2.24, 2.45) is 0 Å². The molecule has 5 heterocycles. The molecule has 1 N–H and O–H groups in total. The number of hydrogen-bond acceptors (Lipinski definition) is 3. The molecule has 0 amide bonds. The number of fused-ring (bicyclic) bond motifs is 16. The lowest BCUT2D eigenvalue weighted by molar-refractivity contribution is -0.696. The van der Waals surface area contributed by atoms with Crippen LogP contribution in [0.2, 0.25) is 0 Å². The van der Waals surface area contributed by atoms with E-state index < -0.39 is 0 Å². The smallest absolute Gasteiger partial charge is 0.213 e. The maximum absolute atomic E-state index is 6.81. The Balaban J connectivity index is 1.35. The summed E-state index contributed by atoms with van der Waals surface area (Å²) >= 11 is 1.82. The highest BCUT2D eigenvalue weighted by Gasteiger charge is 2.78. The lowest BCUT2D eigenvalue weighted by Gasteiger charge is -2.13. The van der Waals surface area contributed by atoms with Gasteiger partial charge in [0.05, 0.1) is 10.6 Å². The van der Waals surface area contributed by atoms with E-state index in [0.29, 0.717) is 12.0 Å². The van der Waals surface area contributed by atoms with Gasteiger partial charge in [-0.1, -0.05) is 42.5 Å². The number of nitrogens with one attached hydrogen (secondary N) is 1. The van der Waals surface area contributed by atoms with Crippen LogP contribution in [0.3, 0.4) is 0 Å². The molecule has 1 saturated carbocycles. The van der Waals surface area contributed by atoms with Crippen LogP contribution in [-0.4, -0.2) is 0 Å². The predicted octanol–water partition coefficient (Wildman–Crippen LogP) is 7.88. The average Bonchev–Trinajstić information content (AvgIpc) is 3.15. The van der Waals surface area contributed by atoms with Gasteiger partial charge in [-0.25, -0.2) is 0 Å². The molecule has 3 aliphatic rings. The molecule has 1 spiro atoms. The topological polar surface area (TPSA) is 29.1 Å². The van der Waals surface area contributed by atoms with E-state index in [4.69, 9.17) is 4.42 Å². The first-order chi connectivity index (χ1) is 18.1. The van der Waals surface area contributed by atoms with Gasteiger partial charge >= 0.3 is 0 Å². The van der Waals surface area contributed by atoms with Gasteiger partial charge in [-0.15, -0.1) is 11.3 Å². The number of allylic oxidation sites excluding steroid dienone is 1. The van der Waals surface area contributed by atoms with Crippen molar-refractivity contribution in [3.63, 3.8) is 0 Å². The predicted molar refractivity (Wildman–Crippen MR) is 151 cm³/mol. The molecule has 0 bridgehead atoms. The summed E-state index contributed by atoms with van der Waals surface area (Å²) in [6.07, 6.45) is 4.56. The number of aryl methyl sites for hydroxylation is 2. The fourth-order valence-corrected chi connectivity index (χ4v) is 8.43. The van der Waals surface area contributed by atoms with E-state index in [1.165, 1.54) is 64.9 Å². The Hall–Kier alpha value is -3.89. The summed E-state index contributed by atoms with van der Waals surface area (Å²) in [5, 5.41) is 7.73. The lowest BCUT2D eigenvalue weighted by Crippen LogP contribution is -2.41. The van der Waals surface area contributed by atoms with Crippen LogP contribution in [-0.2, 0) is 5.54 Å². The average molecular weight is 498 g/mol. The van der Waals surface area contributed by atoms with E-state index in [2.05, 4.69) is 110 Å². The minimum Gasteiger partial charge on any atom is -0.454 e. The fourth-order valence-electron chi connectivity index (χ4n) is 7.44. The molecule has 3 aromatic heterocycles. The molecule has 3 aromatic carbocycles. The first-order valence-electron chi connectivity index (χ1n) is 13.0. The van der Waals surface area contributed by atoms with Crippen LogP contribution >= 0.6 is 11.3 Å². The third kappa shape index (κ3) is 2.28. The van der Waals surface area contributed by atoms with Gasteiger partial charge in [0.25, 0.3) is 0 Å². The van der Waals surface area contributed by atoms with E-state index in [-0.39, 0.29) is 5.54 Å². The molecular weight excluding hydrogens is 472 g/mol. The van der Waals surface area contributed by atoms with Crippen molar-refractivity contribution in [1.82, 2.24) is 5.32 Å². The highest BCUT2D eigenvalue weighted by atomic mass is 32.1. The third-order valence-electron chi connectivity index (χ3n) is 8.92. The molecule has 1 aliphatic carbocycles. The van der Waals surface area contributed by atoms with Crippen LogP contribution in [0, 0.1) is 13.8 Å². The molecule has 1 fully saturated rings. The molecule has 0 saturated heterocycles. The number of benzene rings is 3. The molecule has 3 atom stereocenters. The summed E-state index contributed by atoms with van der Waals surface area (Å²) in [6, 6.07) is 25.2. The van der Waals surface area contributed by atoms with Gasteiger partial charge in [0.2, 0.25) is 5.69 Å². The number of nitrogens with zero attached hydrogens (tertiary/aromatic N) is 1. The highest BCUT2D eigenvalue weighted by molar-refractivity contribution is 7.19. The largest absolute Gasteiger partial charge is 0.454 e. The van der Waals surface area contributed by atoms with E-state index in [0.717, 1.165) is 11.2 Å². The Labute approximate surface area is 218 Å². The number of aromatic nitrogens is 1. The van der Waals surface area contributed by atoms with Gasteiger partial charge in [0.1, 0.15) is 11.1 Å². The SMILES string of the molecule is C/C=C1\NC2(c3ccc4c(oc5c4ccc4cc(C)sc45)c31)C1c3ccccc3-c3ccc(C)c[n+]3C12. The van der Waals surface area contributed by atoms with Gasteiger partial charge in [-0.3, -0.25) is 0 Å². The van der Waals surface area contributed by atoms with Crippen LogP contribution in [0.1, 0.15) is 46.0 Å². The van der Waals surface area contributed by atoms with Crippen molar-refractivity contribution in [3.05, 3.63) is 106 Å². The Morgan fingerprint density at radius 3 is 2.70 bits per heavy atom. The Bertz CT molecular complexity index is 2030. The van der Waals surface area contributed by atoms with Crippen molar-refractivity contribution in [2.75, 3.05) is 0 Å². The van der Waals surface area contributed by atoms with Gasteiger partial charge in [-0.05, 0) is 61.5 Å². The molecule has 3 unspecified atom stereocenters. The standard InChI is InChI=1S/C33H25N2OS/c1-4-25-27-24(13-12-22-23-11-10-19-15-18(3)37-31(19)30(23)36-29(22)27)33(34-25)28-21-8-6-5-7-20(21)26-14-9-17(2)16-35(26)32(28)33/h4-16,28,32,34H,1-3H3/q+1/b25-4-. The zero-order valence-electron chi connectivity index (χ0n) is 20.9. The third-order valence-corrected chi connectivity index (χ3v) is 9.99. The number of pyridine rings is 1. The molecule has 0 radical (unpaired) electrons. The maximum Gasteiger partial charge on any atom is 0.213 e. The van der Waals surface area contributed by atoms with Crippen LogP contribution in [0.4, 0.5) is 0 Å². The van der Waals surface area contributed by atoms with Gasteiger partial charge in [0.15, 0.2) is 17.8 Å². The highest BCUT2D eigenvalue weighted by Crippen LogP contribution is 2.71. The van der Waals surface area contributed by atoms with Crippen molar-refractivity contribution >= 4 is 49.1 Å². The van der Waals surface area contributed by atoms with Crippen molar-refractivity contribution in [3.8, 4) is 11.3 Å². The summed E-state index contributed by atoms with van der Waals surface area (Å²) in [7, 11) is 0. The second-order valence-electron chi connectivity index (χ2n) is 10.9. The van der Waals surface area contributed by atoms with Gasteiger partial charge < -0.3 is 9.73 Å². The second-order valence-corrected chi connectivity index (χ2v) is 12.1. The monoisotopic (exact) mass is 497 g/mol. The fraction of sp³-hybridized carbons (Fsp3) is 0.182. The number of rotatable bonds is 0. The maximum atomic E-state index is 6.81. The van der Waals surface area contributed by atoms with Crippen molar-refractivity contribution < 1.29 is 8.98 Å². The first-order valence-corrected chi connectivity index (χ1v) is 13.9. The van der Waals surface area contributed by atoms with Gasteiger partial charge in [0, 0.05) is 44.1 Å². The van der Waals surface area contributed by atoms with E-state index in [1.807, 2.05) is 11.3 Å². The van der Waals surface area contributed by atoms with Gasteiger partial charge in [-0.2, -0.15) is 4.57 Å². The summed E-state index contributed by atoms with van der Waals surface area (Å²) in [5.74, 6) is 0.368. The molecule has 6 aromatic rings. The number of thiophene rings is 1. The summed E-state index contributed by atoms with van der Waals surface area (Å²) in [5.41, 5.74) is 11.0. The summed E-state index contributed by atoms with van der Waals surface area (Å²) in [4.78, 5) is 1.31. The quantitative estimate of drug-likeness (QED) is 0.216. The number of furan rings is 1. The first kappa shape index (κ1) is 20.2. The van der Waals surface area contributed by atoms with Crippen LogP contribution in [0.25, 0.3) is 49.0 Å². The minimum atomic E-state index is -0.182. The lowest BCUT2D eigenvalue weighted by atomic mass is 9.93. The molecule has 178 valence electrons. The van der Waals surface area contributed by atoms with Crippen LogP contribution in [0.5, 0.6) is 0 Å². The Morgan fingerprint density at radius 1 is 0.973 bits per heavy atom. The minimum absolute atomic E-state index is 0.182. The van der Waals surface area contributed by atoms with E-state index in [1.54, 1.807) is 0 Å². The molecule has 2 aliphatic heterocycles. The zero-order chi connectivity index (χ0) is 24.6. The normalized spacial score (nSPS) is 23.9. The summed E-state index contributed by atoms with van der Waals surface area (Å²) in [6.45, 7) is 6.50. The molecule has 3 nitrogen and oxygen atoms in total. The van der Waals surface area contributed by atoms with E-state index in [9.17, 15) is 0 Å². The second kappa shape index (κ2) is 6.51.